The van der Waals surface area contributed by atoms with Crippen molar-refractivity contribution in [2.75, 3.05) is 0 Å². The SMILES string of the molecule is CCCCCC=CCC=CCC=CCC=CCCCC(=O)OC(=O)CCCC/C=C\C/C=C\C/C=C\CCCCC. The second-order valence-electron chi connectivity index (χ2n) is 10.5. The third kappa shape index (κ3) is 33.4. The summed E-state index contributed by atoms with van der Waals surface area (Å²) in [6, 6.07) is 0. The van der Waals surface area contributed by atoms with Gasteiger partial charge in [0.25, 0.3) is 0 Å². The Morgan fingerprint density at radius 3 is 1.05 bits per heavy atom. The van der Waals surface area contributed by atoms with Gasteiger partial charge in [0.05, 0.1) is 0 Å². The number of allylic oxidation sites excluding steroid dienone is 14. The van der Waals surface area contributed by atoms with Crippen molar-refractivity contribution >= 4 is 11.9 Å². The van der Waals surface area contributed by atoms with Gasteiger partial charge in [0, 0.05) is 12.8 Å². The van der Waals surface area contributed by atoms with E-state index in [1.807, 2.05) is 0 Å². The summed E-state index contributed by atoms with van der Waals surface area (Å²) in [5, 5.41) is 0. The van der Waals surface area contributed by atoms with E-state index in [0.29, 0.717) is 12.8 Å². The van der Waals surface area contributed by atoms with Gasteiger partial charge in [-0.3, -0.25) is 9.59 Å². The second kappa shape index (κ2) is 33.5. The molecular formula is C38H60O3. The summed E-state index contributed by atoms with van der Waals surface area (Å²) >= 11 is 0. The molecule has 0 unspecified atom stereocenters. The summed E-state index contributed by atoms with van der Waals surface area (Å²) in [5.74, 6) is -0.809. The van der Waals surface area contributed by atoms with Crippen molar-refractivity contribution in [3.63, 3.8) is 0 Å². The van der Waals surface area contributed by atoms with E-state index in [1.165, 1.54) is 51.4 Å². The van der Waals surface area contributed by atoms with Crippen LogP contribution in [0.25, 0.3) is 0 Å². The lowest BCUT2D eigenvalue weighted by molar-refractivity contribution is -0.159. The third-order valence-corrected chi connectivity index (χ3v) is 6.46. The molecule has 0 radical (unpaired) electrons. The Labute approximate surface area is 253 Å². The Kier molecular flexibility index (Phi) is 31.3. The lowest BCUT2D eigenvalue weighted by atomic mass is 10.1. The third-order valence-electron chi connectivity index (χ3n) is 6.46. The van der Waals surface area contributed by atoms with E-state index >= 15 is 0 Å². The normalized spacial score (nSPS) is 12.6. The molecule has 0 aromatic carbocycles. The van der Waals surface area contributed by atoms with E-state index in [-0.39, 0.29) is 6.42 Å². The predicted octanol–water partition coefficient (Wildman–Crippen LogP) is 11.8. The van der Waals surface area contributed by atoms with Crippen LogP contribution in [-0.2, 0) is 14.3 Å². The minimum absolute atomic E-state index is 0.286. The number of rotatable bonds is 27. The van der Waals surface area contributed by atoms with Crippen LogP contribution >= 0.6 is 0 Å². The molecule has 0 heterocycles. The van der Waals surface area contributed by atoms with Gasteiger partial charge in [0.15, 0.2) is 0 Å². The van der Waals surface area contributed by atoms with Gasteiger partial charge >= 0.3 is 11.9 Å². The monoisotopic (exact) mass is 564 g/mol. The van der Waals surface area contributed by atoms with Gasteiger partial charge < -0.3 is 4.74 Å². The van der Waals surface area contributed by atoms with Crippen LogP contribution in [-0.4, -0.2) is 11.9 Å². The molecule has 3 nitrogen and oxygen atoms in total. The highest BCUT2D eigenvalue weighted by Gasteiger charge is 2.09. The maximum atomic E-state index is 11.9. The number of esters is 2. The van der Waals surface area contributed by atoms with E-state index in [2.05, 4.69) is 98.9 Å². The molecule has 0 amide bonds. The molecular weight excluding hydrogens is 504 g/mol. The molecule has 0 rings (SSSR count). The van der Waals surface area contributed by atoms with Gasteiger partial charge in [0.2, 0.25) is 0 Å². The molecule has 0 spiro atoms. The van der Waals surface area contributed by atoms with Crippen LogP contribution in [0.15, 0.2) is 85.1 Å². The fourth-order valence-corrected chi connectivity index (χ4v) is 3.98. The number of carbonyl (C=O) groups excluding carboxylic acids is 2. The summed E-state index contributed by atoms with van der Waals surface area (Å²) in [7, 11) is 0. The number of unbranched alkanes of at least 4 members (excludes halogenated alkanes) is 9. The Morgan fingerprint density at radius 2 is 0.683 bits per heavy atom. The van der Waals surface area contributed by atoms with E-state index in [1.54, 1.807) is 0 Å². The summed E-state index contributed by atoms with van der Waals surface area (Å²) in [6.07, 6.45) is 50.5. The van der Waals surface area contributed by atoms with Crippen LogP contribution in [0.3, 0.4) is 0 Å². The van der Waals surface area contributed by atoms with Crippen LogP contribution in [0, 0.1) is 0 Å². The zero-order valence-electron chi connectivity index (χ0n) is 26.4. The molecule has 0 aromatic rings. The van der Waals surface area contributed by atoms with Crippen LogP contribution in [0.1, 0.15) is 142 Å². The fourth-order valence-electron chi connectivity index (χ4n) is 3.98. The first kappa shape index (κ1) is 38.3. The van der Waals surface area contributed by atoms with Crippen LogP contribution in [0.4, 0.5) is 0 Å². The lowest BCUT2D eigenvalue weighted by Gasteiger charge is -2.02. The number of carbonyl (C=O) groups is 2. The van der Waals surface area contributed by atoms with Crippen molar-refractivity contribution in [2.24, 2.45) is 0 Å². The smallest absolute Gasteiger partial charge is 0.313 e. The molecule has 230 valence electrons. The first-order chi connectivity index (χ1) is 20.2. The zero-order valence-corrected chi connectivity index (χ0v) is 26.4. The molecule has 0 aliphatic carbocycles. The number of hydrogen-bond donors (Lipinski definition) is 0. The first-order valence-corrected chi connectivity index (χ1v) is 16.5. The van der Waals surface area contributed by atoms with Gasteiger partial charge in [-0.15, -0.1) is 0 Å². The van der Waals surface area contributed by atoms with Crippen LogP contribution in [0.5, 0.6) is 0 Å². The lowest BCUT2D eigenvalue weighted by Crippen LogP contribution is -2.11. The number of ether oxygens (including phenoxy) is 1. The molecule has 3 heteroatoms. The van der Waals surface area contributed by atoms with Crippen molar-refractivity contribution in [3.05, 3.63) is 85.1 Å². The molecule has 0 fully saturated rings. The van der Waals surface area contributed by atoms with Crippen LogP contribution < -0.4 is 0 Å². The van der Waals surface area contributed by atoms with E-state index in [0.717, 1.165) is 57.8 Å². The van der Waals surface area contributed by atoms with E-state index in [4.69, 9.17) is 4.74 Å². The van der Waals surface area contributed by atoms with Crippen LogP contribution in [0.2, 0.25) is 0 Å². The molecule has 0 bridgehead atoms. The Balaban J connectivity index is 3.61. The molecule has 0 N–H and O–H groups in total. The highest BCUT2D eigenvalue weighted by Crippen LogP contribution is 2.06. The Bertz CT molecular complexity index is 807. The van der Waals surface area contributed by atoms with Gasteiger partial charge in [-0.05, 0) is 89.9 Å². The van der Waals surface area contributed by atoms with Crippen molar-refractivity contribution in [3.8, 4) is 0 Å². The highest BCUT2D eigenvalue weighted by atomic mass is 16.6. The maximum absolute atomic E-state index is 11.9. The average Bonchev–Trinajstić information content (AvgIpc) is 2.96. The summed E-state index contributed by atoms with van der Waals surface area (Å²) < 4.78 is 4.94. The van der Waals surface area contributed by atoms with Gasteiger partial charge in [-0.25, -0.2) is 0 Å². The zero-order chi connectivity index (χ0) is 29.9. The minimum atomic E-state index is -0.409. The molecule has 0 aliphatic heterocycles. The second-order valence-corrected chi connectivity index (χ2v) is 10.5. The minimum Gasteiger partial charge on any atom is -0.393 e. The van der Waals surface area contributed by atoms with Crippen molar-refractivity contribution < 1.29 is 14.3 Å². The van der Waals surface area contributed by atoms with Gasteiger partial charge in [-0.1, -0.05) is 125 Å². The molecule has 0 aromatic heterocycles. The molecule has 0 saturated carbocycles. The molecule has 0 atom stereocenters. The first-order valence-electron chi connectivity index (χ1n) is 16.5. The fraction of sp³-hybridized carbons (Fsp3) is 0.579. The predicted molar refractivity (Wildman–Crippen MR) is 179 cm³/mol. The Morgan fingerprint density at radius 1 is 0.390 bits per heavy atom. The summed E-state index contributed by atoms with van der Waals surface area (Å²) in [6.45, 7) is 4.47. The van der Waals surface area contributed by atoms with Crippen molar-refractivity contribution in [2.45, 2.75) is 142 Å². The quantitative estimate of drug-likeness (QED) is 0.0431. The summed E-state index contributed by atoms with van der Waals surface area (Å²) in [4.78, 5) is 23.7. The maximum Gasteiger partial charge on any atom is 0.313 e. The standard InChI is InChI=1S/C38H60O3/c1-3-5-7-9-11-13-15-17-19-20-22-24-26-28-30-32-34-36-38(40)41-37(39)35-33-31-29-27-25-23-21-18-16-14-12-10-8-6-4-2/h11-14,17-19,21-22,24-25,27-28,30H,3-10,15-16,20,23,26,29,31-36H2,1-2H3/b13-11?,14-12-,19-17?,21-18-,24-22?,27-25-,30-28?. The highest BCUT2D eigenvalue weighted by molar-refractivity contribution is 5.85. The van der Waals surface area contributed by atoms with Crippen molar-refractivity contribution in [1.82, 2.24) is 0 Å². The number of hydrogen-bond acceptors (Lipinski definition) is 3. The van der Waals surface area contributed by atoms with Crippen molar-refractivity contribution in [1.29, 1.82) is 0 Å². The largest absolute Gasteiger partial charge is 0.393 e. The van der Waals surface area contributed by atoms with E-state index < -0.39 is 11.9 Å². The molecule has 0 aliphatic rings. The average molecular weight is 565 g/mol. The van der Waals surface area contributed by atoms with E-state index in [9.17, 15) is 9.59 Å². The van der Waals surface area contributed by atoms with Gasteiger partial charge in [0.1, 0.15) is 0 Å². The Hall–Kier alpha value is -2.68. The topological polar surface area (TPSA) is 43.4 Å². The molecule has 41 heavy (non-hydrogen) atoms. The molecule has 0 saturated heterocycles. The van der Waals surface area contributed by atoms with Gasteiger partial charge in [-0.2, -0.15) is 0 Å². The summed E-state index contributed by atoms with van der Waals surface area (Å²) in [5.41, 5.74) is 0.